The van der Waals surface area contributed by atoms with Crippen molar-refractivity contribution in [1.29, 1.82) is 0 Å². The van der Waals surface area contributed by atoms with Crippen LogP contribution < -0.4 is 5.32 Å². The van der Waals surface area contributed by atoms with Crippen molar-refractivity contribution in [3.8, 4) is 11.1 Å². The van der Waals surface area contributed by atoms with E-state index in [4.69, 9.17) is 0 Å². The summed E-state index contributed by atoms with van der Waals surface area (Å²) in [6.07, 6.45) is 2.38. The molecule has 0 unspecified atom stereocenters. The third kappa shape index (κ3) is 2.98. The van der Waals surface area contributed by atoms with Crippen LogP contribution in [0.25, 0.3) is 11.1 Å². The van der Waals surface area contributed by atoms with Crippen LogP contribution in [0.4, 0.5) is 0 Å². The number of hydrogen-bond donors (Lipinski definition) is 2. The molecule has 1 fully saturated rings. The summed E-state index contributed by atoms with van der Waals surface area (Å²) in [5.74, 6) is -0.861. The van der Waals surface area contributed by atoms with Crippen molar-refractivity contribution in [3.63, 3.8) is 0 Å². The van der Waals surface area contributed by atoms with E-state index in [9.17, 15) is 9.90 Å². The first-order valence-electron chi connectivity index (χ1n) is 7.31. The van der Waals surface area contributed by atoms with Gasteiger partial charge in [-0.3, -0.25) is 0 Å². The third-order valence-corrected chi connectivity index (χ3v) is 3.96. The topological polar surface area (TPSA) is 49.3 Å². The molecular formula is C18H19NO2. The number of carboxylic acids is 1. The average molecular weight is 281 g/mol. The first-order valence-corrected chi connectivity index (χ1v) is 7.31. The summed E-state index contributed by atoms with van der Waals surface area (Å²) in [5.41, 5.74) is 4.52. The van der Waals surface area contributed by atoms with E-state index < -0.39 is 5.97 Å². The molecule has 0 spiro atoms. The number of hydrogen-bond acceptors (Lipinski definition) is 2. The first-order chi connectivity index (χ1) is 10.2. The highest BCUT2D eigenvalue weighted by molar-refractivity contribution is 5.92. The Balaban J connectivity index is 2.10. The molecule has 0 saturated heterocycles. The molecule has 21 heavy (non-hydrogen) atoms. The van der Waals surface area contributed by atoms with Gasteiger partial charge in [-0.25, -0.2) is 4.79 Å². The zero-order valence-electron chi connectivity index (χ0n) is 12.1. The van der Waals surface area contributed by atoms with Gasteiger partial charge in [-0.2, -0.15) is 0 Å². The number of aromatic carboxylic acids is 1. The maximum Gasteiger partial charge on any atom is 0.336 e. The number of carboxylic acid groups (broad SMARTS) is 1. The standard InChI is InChI=1S/C18H19NO2/c1-12-7-10-15(18(20)21)16(11-19-14-8-9-14)17(12)13-5-3-2-4-6-13/h2-7,10,14,19H,8-9,11H2,1H3,(H,20,21). The summed E-state index contributed by atoms with van der Waals surface area (Å²) in [6, 6.07) is 14.2. The molecule has 0 bridgehead atoms. The highest BCUT2D eigenvalue weighted by Crippen LogP contribution is 2.31. The predicted octanol–water partition coefficient (Wildman–Crippen LogP) is 3.61. The van der Waals surface area contributed by atoms with Crippen molar-refractivity contribution < 1.29 is 9.90 Å². The average Bonchev–Trinajstić information content (AvgIpc) is 3.30. The molecule has 108 valence electrons. The Bertz CT molecular complexity index is 660. The van der Waals surface area contributed by atoms with Crippen LogP contribution in [0.5, 0.6) is 0 Å². The molecule has 1 aliphatic rings. The third-order valence-electron chi connectivity index (χ3n) is 3.96. The normalized spacial score (nSPS) is 14.1. The first kappa shape index (κ1) is 13.8. The van der Waals surface area contributed by atoms with E-state index in [1.807, 2.05) is 43.3 Å². The summed E-state index contributed by atoms with van der Waals surface area (Å²) in [7, 11) is 0. The molecule has 0 aliphatic heterocycles. The minimum absolute atomic E-state index is 0.396. The molecule has 3 nitrogen and oxygen atoms in total. The van der Waals surface area contributed by atoms with Crippen LogP contribution in [0.3, 0.4) is 0 Å². The second-order valence-electron chi connectivity index (χ2n) is 5.61. The molecular weight excluding hydrogens is 262 g/mol. The lowest BCUT2D eigenvalue weighted by atomic mass is 9.91. The van der Waals surface area contributed by atoms with Crippen molar-refractivity contribution >= 4 is 5.97 Å². The molecule has 0 radical (unpaired) electrons. The minimum Gasteiger partial charge on any atom is -0.478 e. The molecule has 0 amide bonds. The maximum absolute atomic E-state index is 11.5. The summed E-state index contributed by atoms with van der Waals surface area (Å²) >= 11 is 0. The van der Waals surface area contributed by atoms with E-state index in [1.165, 1.54) is 12.8 Å². The smallest absolute Gasteiger partial charge is 0.336 e. The molecule has 0 aromatic heterocycles. The van der Waals surface area contributed by atoms with Crippen LogP contribution in [0.1, 0.15) is 34.3 Å². The predicted molar refractivity (Wildman–Crippen MR) is 83.4 cm³/mol. The Kier molecular flexibility index (Phi) is 3.76. The second kappa shape index (κ2) is 5.70. The van der Waals surface area contributed by atoms with E-state index >= 15 is 0 Å². The minimum atomic E-state index is -0.861. The highest BCUT2D eigenvalue weighted by Gasteiger charge is 2.23. The summed E-state index contributed by atoms with van der Waals surface area (Å²) in [5, 5.41) is 12.9. The Labute approximate surface area is 124 Å². The van der Waals surface area contributed by atoms with Gasteiger partial charge in [-0.05, 0) is 48.1 Å². The van der Waals surface area contributed by atoms with Gasteiger partial charge in [0.25, 0.3) is 0 Å². The zero-order chi connectivity index (χ0) is 14.8. The van der Waals surface area contributed by atoms with E-state index in [0.717, 1.165) is 22.3 Å². The number of carbonyl (C=O) groups is 1. The van der Waals surface area contributed by atoms with Gasteiger partial charge >= 0.3 is 5.97 Å². The fourth-order valence-electron chi connectivity index (χ4n) is 2.69. The van der Waals surface area contributed by atoms with Crippen molar-refractivity contribution in [2.24, 2.45) is 0 Å². The van der Waals surface area contributed by atoms with Gasteiger partial charge in [-0.15, -0.1) is 0 Å². The van der Waals surface area contributed by atoms with Crippen LogP contribution in [0.2, 0.25) is 0 Å². The molecule has 2 aromatic rings. The van der Waals surface area contributed by atoms with Crippen molar-refractivity contribution in [3.05, 3.63) is 59.2 Å². The molecule has 2 aromatic carbocycles. The van der Waals surface area contributed by atoms with Gasteiger partial charge in [0, 0.05) is 12.6 Å². The Hall–Kier alpha value is -2.13. The zero-order valence-corrected chi connectivity index (χ0v) is 12.1. The lowest BCUT2D eigenvalue weighted by molar-refractivity contribution is 0.0695. The Morgan fingerprint density at radius 2 is 1.90 bits per heavy atom. The van der Waals surface area contributed by atoms with Gasteiger partial charge in [0.1, 0.15) is 0 Å². The fourth-order valence-corrected chi connectivity index (χ4v) is 2.69. The summed E-state index contributed by atoms with van der Waals surface area (Å²) < 4.78 is 0. The molecule has 3 heteroatoms. The molecule has 3 rings (SSSR count). The number of benzene rings is 2. The van der Waals surface area contributed by atoms with Crippen molar-refractivity contribution in [2.45, 2.75) is 32.4 Å². The van der Waals surface area contributed by atoms with Crippen molar-refractivity contribution in [2.75, 3.05) is 0 Å². The number of aryl methyl sites for hydroxylation is 1. The molecule has 0 heterocycles. The quantitative estimate of drug-likeness (QED) is 0.880. The largest absolute Gasteiger partial charge is 0.478 e. The van der Waals surface area contributed by atoms with Crippen LogP contribution in [0, 0.1) is 6.92 Å². The summed E-state index contributed by atoms with van der Waals surface area (Å²) in [6.45, 7) is 2.65. The highest BCUT2D eigenvalue weighted by atomic mass is 16.4. The van der Waals surface area contributed by atoms with E-state index in [1.54, 1.807) is 6.07 Å². The van der Waals surface area contributed by atoms with Crippen LogP contribution in [-0.2, 0) is 6.54 Å². The fraction of sp³-hybridized carbons (Fsp3) is 0.278. The SMILES string of the molecule is Cc1ccc(C(=O)O)c(CNC2CC2)c1-c1ccccc1. The lowest BCUT2D eigenvalue weighted by Crippen LogP contribution is -2.19. The molecule has 2 N–H and O–H groups in total. The van der Waals surface area contributed by atoms with Gasteiger partial charge in [0.05, 0.1) is 5.56 Å². The van der Waals surface area contributed by atoms with E-state index in [-0.39, 0.29) is 0 Å². The Morgan fingerprint density at radius 1 is 1.19 bits per heavy atom. The van der Waals surface area contributed by atoms with E-state index in [2.05, 4.69) is 5.32 Å². The second-order valence-corrected chi connectivity index (χ2v) is 5.61. The molecule has 1 saturated carbocycles. The lowest BCUT2D eigenvalue weighted by Gasteiger charge is -2.16. The van der Waals surface area contributed by atoms with Gasteiger partial charge in [-0.1, -0.05) is 36.4 Å². The van der Waals surface area contributed by atoms with Crippen molar-refractivity contribution in [1.82, 2.24) is 5.32 Å². The number of nitrogens with one attached hydrogen (secondary N) is 1. The van der Waals surface area contributed by atoms with E-state index in [0.29, 0.717) is 18.2 Å². The van der Waals surface area contributed by atoms with Crippen LogP contribution in [0.15, 0.2) is 42.5 Å². The van der Waals surface area contributed by atoms with Crippen LogP contribution >= 0.6 is 0 Å². The molecule has 1 aliphatic carbocycles. The van der Waals surface area contributed by atoms with Crippen LogP contribution in [-0.4, -0.2) is 17.1 Å². The molecule has 0 atom stereocenters. The van der Waals surface area contributed by atoms with Gasteiger partial charge in [0.2, 0.25) is 0 Å². The number of rotatable bonds is 5. The monoisotopic (exact) mass is 281 g/mol. The Morgan fingerprint density at radius 3 is 2.52 bits per heavy atom. The van der Waals surface area contributed by atoms with Gasteiger partial charge in [0.15, 0.2) is 0 Å². The maximum atomic E-state index is 11.5. The summed E-state index contributed by atoms with van der Waals surface area (Å²) in [4.78, 5) is 11.5. The van der Waals surface area contributed by atoms with Gasteiger partial charge < -0.3 is 10.4 Å².